The van der Waals surface area contributed by atoms with Crippen molar-refractivity contribution in [3.05, 3.63) is 36.3 Å². The van der Waals surface area contributed by atoms with Crippen molar-refractivity contribution in [1.29, 1.82) is 0 Å². The fraction of sp³-hybridized carbons (Fsp3) is 0.435. The van der Waals surface area contributed by atoms with Gasteiger partial charge in [0.25, 0.3) is 0 Å². The quantitative estimate of drug-likeness (QED) is 0.234. The highest BCUT2D eigenvalue weighted by Crippen LogP contribution is 2.26. The maximum absolute atomic E-state index is 13.2. The third kappa shape index (κ3) is 5.88. The first-order valence-electron chi connectivity index (χ1n) is 11.4. The van der Waals surface area contributed by atoms with Crippen LogP contribution >= 0.6 is 11.8 Å². The molecule has 1 aliphatic heterocycles. The van der Waals surface area contributed by atoms with E-state index in [1.54, 1.807) is 23.0 Å². The maximum atomic E-state index is 13.2. The highest BCUT2D eigenvalue weighted by atomic mass is 32.2. The summed E-state index contributed by atoms with van der Waals surface area (Å²) in [4.78, 5) is 35.7. The smallest absolute Gasteiger partial charge is 0.227 e. The van der Waals surface area contributed by atoms with Crippen LogP contribution < -0.4 is 15.5 Å². The van der Waals surface area contributed by atoms with Crippen molar-refractivity contribution in [2.24, 2.45) is 5.92 Å². The van der Waals surface area contributed by atoms with Gasteiger partial charge in [0.05, 0.1) is 30.7 Å². The molecule has 2 amide bonds. The summed E-state index contributed by atoms with van der Waals surface area (Å²) in [7, 11) is 0. The Morgan fingerprint density at radius 1 is 1.26 bits per heavy atom. The Hall–Kier alpha value is -3.25. The van der Waals surface area contributed by atoms with E-state index >= 15 is 0 Å². The highest BCUT2D eigenvalue weighted by Gasteiger charge is 2.35. The lowest BCUT2D eigenvalue weighted by Crippen LogP contribution is -2.35. The van der Waals surface area contributed by atoms with E-state index in [1.165, 1.54) is 28.8 Å². The molecule has 1 unspecified atom stereocenters. The molecule has 1 fully saturated rings. The van der Waals surface area contributed by atoms with E-state index < -0.39 is 5.92 Å². The van der Waals surface area contributed by atoms with Gasteiger partial charge in [-0.05, 0) is 37.4 Å². The summed E-state index contributed by atoms with van der Waals surface area (Å²) < 4.78 is 20.3. The van der Waals surface area contributed by atoms with Crippen molar-refractivity contribution in [1.82, 2.24) is 25.1 Å². The van der Waals surface area contributed by atoms with Gasteiger partial charge in [0, 0.05) is 38.3 Å². The van der Waals surface area contributed by atoms with E-state index in [0.717, 1.165) is 5.39 Å². The number of carbonyl (C=O) groups is 2. The zero-order valence-corrected chi connectivity index (χ0v) is 20.5. The lowest BCUT2D eigenvalue weighted by molar-refractivity contribution is -0.126. The molecule has 0 radical (unpaired) electrons. The Morgan fingerprint density at radius 2 is 2.06 bits per heavy atom. The number of rotatable bonds is 11. The van der Waals surface area contributed by atoms with E-state index in [9.17, 15) is 14.0 Å². The van der Waals surface area contributed by atoms with Crippen LogP contribution in [0.15, 0.2) is 35.6 Å². The molecule has 4 rings (SSSR count). The van der Waals surface area contributed by atoms with Crippen LogP contribution in [0.25, 0.3) is 11.0 Å². The van der Waals surface area contributed by atoms with Crippen molar-refractivity contribution < 1.29 is 18.7 Å². The number of carbonyl (C=O) groups excluding carboxylic acids is 2. The van der Waals surface area contributed by atoms with Crippen LogP contribution in [0.3, 0.4) is 0 Å². The minimum Gasteiger partial charge on any atom is -0.380 e. The Labute approximate surface area is 206 Å². The van der Waals surface area contributed by atoms with Crippen molar-refractivity contribution in [2.75, 3.05) is 49.3 Å². The van der Waals surface area contributed by atoms with E-state index in [4.69, 9.17) is 4.74 Å². The number of anilines is 2. The normalized spacial score (nSPS) is 15.7. The largest absolute Gasteiger partial charge is 0.380 e. The van der Waals surface area contributed by atoms with Crippen molar-refractivity contribution in [3.8, 4) is 0 Å². The van der Waals surface area contributed by atoms with E-state index in [1.807, 2.05) is 13.2 Å². The van der Waals surface area contributed by atoms with E-state index in [2.05, 4.69) is 25.7 Å². The molecule has 3 aromatic rings. The zero-order chi connectivity index (χ0) is 24.8. The maximum Gasteiger partial charge on any atom is 0.227 e. The molecule has 2 aromatic heterocycles. The summed E-state index contributed by atoms with van der Waals surface area (Å²) in [5, 5.41) is 12.0. The number of nitrogens with one attached hydrogen (secondary N) is 2. The molecule has 10 nitrogen and oxygen atoms in total. The van der Waals surface area contributed by atoms with Crippen LogP contribution in [0.5, 0.6) is 0 Å². The monoisotopic (exact) mass is 501 g/mol. The van der Waals surface area contributed by atoms with E-state index in [0.29, 0.717) is 55.2 Å². The molecule has 1 aromatic carbocycles. The Balaban J connectivity index is 1.36. The van der Waals surface area contributed by atoms with Gasteiger partial charge >= 0.3 is 0 Å². The molecule has 2 N–H and O–H groups in total. The minimum absolute atomic E-state index is 0.120. The minimum atomic E-state index is -0.464. The first-order valence-corrected chi connectivity index (χ1v) is 12.7. The van der Waals surface area contributed by atoms with Gasteiger partial charge in [-0.3, -0.25) is 9.59 Å². The third-order valence-corrected chi connectivity index (χ3v) is 6.21. The second kappa shape index (κ2) is 11.5. The summed E-state index contributed by atoms with van der Waals surface area (Å²) in [6.45, 7) is 4.80. The molecule has 12 heteroatoms. The van der Waals surface area contributed by atoms with Crippen LogP contribution in [-0.4, -0.2) is 70.7 Å². The molecule has 35 heavy (non-hydrogen) atoms. The van der Waals surface area contributed by atoms with Crippen LogP contribution in [0, 0.1) is 11.7 Å². The molecule has 186 valence electrons. The lowest BCUT2D eigenvalue weighted by atomic mass is 10.1. The van der Waals surface area contributed by atoms with Gasteiger partial charge in [0.2, 0.25) is 11.8 Å². The molecule has 0 saturated carbocycles. The summed E-state index contributed by atoms with van der Waals surface area (Å²) >= 11 is 1.44. The van der Waals surface area contributed by atoms with E-state index in [-0.39, 0.29) is 30.6 Å². The van der Waals surface area contributed by atoms with Gasteiger partial charge in [-0.25, -0.2) is 19.0 Å². The summed E-state index contributed by atoms with van der Waals surface area (Å²) in [6, 6.07) is 5.69. The number of fused-ring (bicyclic) bond motifs is 1. The summed E-state index contributed by atoms with van der Waals surface area (Å²) in [5.74, 6) is -0.491. The Kier molecular flexibility index (Phi) is 8.13. The summed E-state index contributed by atoms with van der Waals surface area (Å²) in [6.07, 6.45) is 3.74. The van der Waals surface area contributed by atoms with Gasteiger partial charge in [-0.1, -0.05) is 11.8 Å². The van der Waals surface area contributed by atoms with Crippen molar-refractivity contribution >= 4 is 46.1 Å². The zero-order valence-electron chi connectivity index (χ0n) is 19.7. The number of benzene rings is 1. The second-order valence-corrected chi connectivity index (χ2v) is 8.73. The van der Waals surface area contributed by atoms with Crippen LogP contribution in [0.4, 0.5) is 15.9 Å². The first kappa shape index (κ1) is 24.9. The van der Waals surface area contributed by atoms with Gasteiger partial charge in [0.15, 0.2) is 10.8 Å². The number of nitrogens with zero attached hydrogens (tertiary/aromatic N) is 5. The molecule has 1 aliphatic rings. The number of amides is 2. The Bertz CT molecular complexity index is 1190. The SMILES string of the molecule is CCOCCNc1nc(SC)nc2c1cnn2CCNC(=O)C1CC(=O)N(c2ccc(F)cc2)C1. The van der Waals surface area contributed by atoms with Crippen LogP contribution in [0.1, 0.15) is 13.3 Å². The first-order chi connectivity index (χ1) is 17.0. The molecule has 0 spiro atoms. The molecule has 0 bridgehead atoms. The molecule has 1 saturated heterocycles. The molecular formula is C23H28FN7O3S. The number of ether oxygens (including phenoxy) is 1. The second-order valence-electron chi connectivity index (χ2n) is 7.96. The molecule has 3 heterocycles. The van der Waals surface area contributed by atoms with Crippen molar-refractivity contribution in [2.45, 2.75) is 25.0 Å². The highest BCUT2D eigenvalue weighted by molar-refractivity contribution is 7.98. The molecule has 0 aliphatic carbocycles. The topological polar surface area (TPSA) is 114 Å². The average molecular weight is 502 g/mol. The van der Waals surface area contributed by atoms with Gasteiger partial charge in [0.1, 0.15) is 11.6 Å². The predicted octanol–water partition coefficient (Wildman–Crippen LogP) is 2.31. The number of halogens is 1. The number of thioether (sulfide) groups is 1. The number of hydrogen-bond acceptors (Lipinski definition) is 8. The van der Waals surface area contributed by atoms with Gasteiger partial charge in [-0.15, -0.1) is 0 Å². The lowest BCUT2D eigenvalue weighted by Gasteiger charge is -2.16. The average Bonchev–Trinajstić information content (AvgIpc) is 3.45. The standard InChI is InChI=1S/C23H28FN7O3S/c1-3-34-11-9-25-20-18-13-27-31(21(18)29-23(28-20)35-2)10-8-26-22(33)15-12-19(32)30(14-15)17-6-4-16(24)5-7-17/h4-7,13,15H,3,8-12,14H2,1-2H3,(H,26,33)(H,25,28,29). The third-order valence-electron chi connectivity index (χ3n) is 5.66. The predicted molar refractivity (Wildman–Crippen MR) is 132 cm³/mol. The fourth-order valence-corrected chi connectivity index (χ4v) is 4.25. The van der Waals surface area contributed by atoms with Crippen LogP contribution in [0.2, 0.25) is 0 Å². The molecular weight excluding hydrogens is 473 g/mol. The molecule has 1 atom stereocenters. The summed E-state index contributed by atoms with van der Waals surface area (Å²) in [5.41, 5.74) is 1.26. The van der Waals surface area contributed by atoms with Gasteiger partial charge < -0.3 is 20.3 Å². The number of hydrogen-bond donors (Lipinski definition) is 2. The van der Waals surface area contributed by atoms with Gasteiger partial charge in [-0.2, -0.15) is 5.10 Å². The fourth-order valence-electron chi connectivity index (χ4n) is 3.89. The van der Waals surface area contributed by atoms with Crippen molar-refractivity contribution in [3.63, 3.8) is 0 Å². The van der Waals surface area contributed by atoms with Crippen LogP contribution in [-0.2, 0) is 20.9 Å². The number of aromatic nitrogens is 4. The Morgan fingerprint density at radius 3 is 2.80 bits per heavy atom.